The van der Waals surface area contributed by atoms with Crippen LogP contribution in [0.25, 0.3) is 0 Å². The molecule has 144 valence electrons. The third kappa shape index (κ3) is 4.35. The Morgan fingerprint density at radius 1 is 1.18 bits per heavy atom. The fraction of sp³-hybridized carbons (Fsp3) is 0.158. The van der Waals surface area contributed by atoms with E-state index in [-0.39, 0.29) is 16.4 Å². The highest BCUT2D eigenvalue weighted by molar-refractivity contribution is 7.99. The molecule has 1 heterocycles. The number of nitrogens with one attached hydrogen (secondary N) is 1. The highest BCUT2D eigenvalue weighted by atomic mass is 35.5. The first kappa shape index (κ1) is 19.9. The van der Waals surface area contributed by atoms with Crippen LogP contribution in [-0.4, -0.2) is 20.6 Å². The molecule has 7 nitrogen and oxygen atoms in total. The number of nitrogens with zero attached hydrogens (tertiary/aromatic N) is 3. The molecule has 1 amide bonds. The maximum absolute atomic E-state index is 12.6. The van der Waals surface area contributed by atoms with Crippen LogP contribution in [0.5, 0.6) is 0 Å². The minimum atomic E-state index is -0.490. The Morgan fingerprint density at radius 3 is 2.43 bits per heavy atom. The number of carbonyl (C=O) groups is 1. The summed E-state index contributed by atoms with van der Waals surface area (Å²) in [6.45, 7) is 3.68. The van der Waals surface area contributed by atoms with Crippen molar-refractivity contribution in [2.45, 2.75) is 23.6 Å². The second-order valence-corrected chi connectivity index (χ2v) is 7.74. The number of hydrogen-bond donors (Lipinski definition) is 1. The van der Waals surface area contributed by atoms with Gasteiger partial charge in [-0.25, -0.2) is 0 Å². The van der Waals surface area contributed by atoms with Crippen molar-refractivity contribution in [1.29, 1.82) is 0 Å². The summed E-state index contributed by atoms with van der Waals surface area (Å²) in [6.07, 6.45) is 0. The summed E-state index contributed by atoms with van der Waals surface area (Å²) in [4.78, 5) is 25.0. The number of rotatable bonds is 5. The van der Waals surface area contributed by atoms with Crippen molar-refractivity contribution in [3.63, 3.8) is 0 Å². The van der Waals surface area contributed by atoms with Crippen molar-refractivity contribution in [3.8, 4) is 0 Å². The van der Waals surface area contributed by atoms with Gasteiger partial charge < -0.3 is 5.32 Å². The topological polar surface area (TPSA) is 90.1 Å². The second kappa shape index (κ2) is 8.04. The molecule has 0 aliphatic heterocycles. The van der Waals surface area contributed by atoms with Gasteiger partial charge in [0.25, 0.3) is 11.6 Å². The van der Waals surface area contributed by atoms with E-state index >= 15 is 0 Å². The third-order valence-electron chi connectivity index (χ3n) is 3.98. The zero-order chi connectivity index (χ0) is 20.4. The first-order valence-corrected chi connectivity index (χ1v) is 9.48. The number of nitro groups is 1. The number of carbonyl (C=O) groups excluding carboxylic acids is 1. The van der Waals surface area contributed by atoms with Crippen LogP contribution in [0.3, 0.4) is 0 Å². The minimum Gasteiger partial charge on any atom is -0.320 e. The van der Waals surface area contributed by atoms with Gasteiger partial charge >= 0.3 is 0 Å². The average molecular weight is 417 g/mol. The van der Waals surface area contributed by atoms with Crippen LogP contribution in [0.15, 0.2) is 52.3 Å². The molecule has 1 N–H and O–H groups in total. The van der Waals surface area contributed by atoms with E-state index < -0.39 is 10.8 Å². The lowest BCUT2D eigenvalue weighted by Crippen LogP contribution is -2.16. The average Bonchev–Trinajstić information content (AvgIpc) is 2.88. The van der Waals surface area contributed by atoms with E-state index in [4.69, 9.17) is 11.6 Å². The van der Waals surface area contributed by atoms with Gasteiger partial charge in [-0.05, 0) is 32.0 Å². The largest absolute Gasteiger partial charge is 0.320 e. The molecule has 0 spiro atoms. The summed E-state index contributed by atoms with van der Waals surface area (Å²) in [5, 5.41) is 18.4. The van der Waals surface area contributed by atoms with E-state index in [2.05, 4.69) is 10.4 Å². The van der Waals surface area contributed by atoms with Gasteiger partial charge in [-0.15, -0.1) is 0 Å². The van der Waals surface area contributed by atoms with Gasteiger partial charge in [0.05, 0.1) is 15.6 Å². The fourth-order valence-electron chi connectivity index (χ4n) is 2.63. The van der Waals surface area contributed by atoms with Crippen molar-refractivity contribution in [3.05, 3.63) is 74.6 Å². The predicted molar refractivity (Wildman–Crippen MR) is 109 cm³/mol. The molecule has 0 atom stereocenters. The molecule has 0 aliphatic rings. The first-order chi connectivity index (χ1) is 13.2. The number of aryl methyl sites for hydroxylation is 3. The minimum absolute atomic E-state index is 0.111. The van der Waals surface area contributed by atoms with Crippen molar-refractivity contribution >= 4 is 40.6 Å². The summed E-state index contributed by atoms with van der Waals surface area (Å²) in [7, 11) is 1.61. The SMILES string of the molecule is Cc1ccc(Sc2cc(NC(=O)c3c(Cl)c(C)nn3C)cc([N+](=O)[O-])c2)cc1. The highest BCUT2D eigenvalue weighted by Crippen LogP contribution is 2.33. The summed E-state index contributed by atoms with van der Waals surface area (Å²) >= 11 is 7.53. The van der Waals surface area contributed by atoms with Gasteiger partial charge in [0.2, 0.25) is 0 Å². The van der Waals surface area contributed by atoms with E-state index in [9.17, 15) is 14.9 Å². The Balaban J connectivity index is 1.91. The summed E-state index contributed by atoms with van der Waals surface area (Å²) in [6, 6.07) is 12.3. The van der Waals surface area contributed by atoms with Crippen LogP contribution >= 0.6 is 23.4 Å². The molecular weight excluding hydrogens is 400 g/mol. The molecule has 0 unspecified atom stereocenters. The Hall–Kier alpha value is -2.84. The van der Waals surface area contributed by atoms with Gasteiger partial charge in [0.15, 0.2) is 0 Å². The van der Waals surface area contributed by atoms with Crippen LogP contribution in [0, 0.1) is 24.0 Å². The van der Waals surface area contributed by atoms with Crippen molar-refractivity contribution in [2.75, 3.05) is 5.32 Å². The predicted octanol–water partition coefficient (Wildman–Crippen LogP) is 5.00. The molecule has 3 aromatic rings. The molecular formula is C19H17ClN4O3S. The zero-order valence-electron chi connectivity index (χ0n) is 15.4. The van der Waals surface area contributed by atoms with E-state index in [0.29, 0.717) is 16.3 Å². The van der Waals surface area contributed by atoms with Gasteiger partial charge in [0.1, 0.15) is 5.69 Å². The second-order valence-electron chi connectivity index (χ2n) is 6.21. The molecule has 0 radical (unpaired) electrons. The number of nitro benzene ring substituents is 1. The fourth-order valence-corrected chi connectivity index (χ4v) is 3.79. The number of amides is 1. The lowest BCUT2D eigenvalue weighted by Gasteiger charge is -2.09. The lowest BCUT2D eigenvalue weighted by molar-refractivity contribution is -0.385. The lowest BCUT2D eigenvalue weighted by atomic mass is 10.2. The molecule has 0 bridgehead atoms. The van der Waals surface area contributed by atoms with Gasteiger partial charge in [-0.2, -0.15) is 5.10 Å². The van der Waals surface area contributed by atoms with Crippen LogP contribution < -0.4 is 5.32 Å². The number of anilines is 1. The maximum atomic E-state index is 12.6. The number of aromatic nitrogens is 2. The highest BCUT2D eigenvalue weighted by Gasteiger charge is 2.20. The van der Waals surface area contributed by atoms with Gasteiger partial charge in [-0.1, -0.05) is 41.1 Å². The number of hydrogen-bond acceptors (Lipinski definition) is 5. The maximum Gasteiger partial charge on any atom is 0.275 e. The number of benzene rings is 2. The quantitative estimate of drug-likeness (QED) is 0.466. The van der Waals surface area contributed by atoms with Crippen LogP contribution in [0.1, 0.15) is 21.7 Å². The third-order valence-corrected chi connectivity index (χ3v) is 5.41. The van der Waals surface area contributed by atoms with Gasteiger partial charge in [-0.3, -0.25) is 19.6 Å². The smallest absolute Gasteiger partial charge is 0.275 e. The number of non-ortho nitro benzene ring substituents is 1. The molecule has 0 fully saturated rings. The Labute approximate surface area is 170 Å². The molecule has 1 aromatic heterocycles. The molecule has 0 saturated heterocycles. The molecule has 0 saturated carbocycles. The van der Waals surface area contributed by atoms with E-state index in [0.717, 1.165) is 10.5 Å². The molecule has 28 heavy (non-hydrogen) atoms. The van der Waals surface area contributed by atoms with Crippen molar-refractivity contribution in [2.24, 2.45) is 7.05 Å². The van der Waals surface area contributed by atoms with Crippen LogP contribution in [0.4, 0.5) is 11.4 Å². The summed E-state index contributed by atoms with van der Waals surface area (Å²) in [5.41, 5.74) is 2.05. The number of halogens is 1. The monoisotopic (exact) mass is 416 g/mol. The Bertz CT molecular complexity index is 1060. The standard InChI is InChI=1S/C19H17ClN4O3S/c1-11-4-6-15(7-5-11)28-16-9-13(8-14(10-16)24(26)27)21-19(25)18-17(20)12(2)22-23(18)3/h4-10H,1-3H3,(H,21,25). The molecule has 3 rings (SSSR count). The zero-order valence-corrected chi connectivity index (χ0v) is 17.0. The molecule has 0 aliphatic carbocycles. The summed E-state index contributed by atoms with van der Waals surface area (Å²) in [5.74, 6) is -0.486. The summed E-state index contributed by atoms with van der Waals surface area (Å²) < 4.78 is 1.38. The molecule has 2 aromatic carbocycles. The normalized spacial score (nSPS) is 10.7. The first-order valence-electron chi connectivity index (χ1n) is 8.29. The van der Waals surface area contributed by atoms with E-state index in [1.54, 1.807) is 20.0 Å². The van der Waals surface area contributed by atoms with Crippen LogP contribution in [0.2, 0.25) is 5.02 Å². The van der Waals surface area contributed by atoms with Crippen molar-refractivity contribution < 1.29 is 9.72 Å². The van der Waals surface area contributed by atoms with Crippen LogP contribution in [-0.2, 0) is 7.05 Å². The van der Waals surface area contributed by atoms with E-state index in [1.165, 1.54) is 28.6 Å². The molecule has 9 heteroatoms. The Kier molecular flexibility index (Phi) is 5.71. The van der Waals surface area contributed by atoms with Gasteiger partial charge in [0, 0.05) is 34.7 Å². The van der Waals surface area contributed by atoms with E-state index in [1.807, 2.05) is 31.2 Å². The Morgan fingerprint density at radius 2 is 1.86 bits per heavy atom. The van der Waals surface area contributed by atoms with Crippen molar-refractivity contribution in [1.82, 2.24) is 9.78 Å².